The molecule has 1 fully saturated rings. The molecule has 3 aromatic rings. The highest BCUT2D eigenvalue weighted by atomic mass is 35.5. The van der Waals surface area contributed by atoms with Gasteiger partial charge in [-0.3, -0.25) is 24.0 Å². The lowest BCUT2D eigenvalue weighted by Crippen LogP contribution is -2.56. The number of piperidine rings is 1. The van der Waals surface area contributed by atoms with Crippen LogP contribution in [-0.2, 0) is 36.8 Å². The lowest BCUT2D eigenvalue weighted by Gasteiger charge is -2.39. The minimum atomic E-state index is -0.984. The summed E-state index contributed by atoms with van der Waals surface area (Å²) in [5, 5.41) is 18.0. The molecule has 0 unspecified atom stereocenters. The van der Waals surface area contributed by atoms with Crippen molar-refractivity contribution in [3.8, 4) is 5.75 Å². The van der Waals surface area contributed by atoms with Crippen molar-refractivity contribution in [2.75, 3.05) is 24.5 Å². The Balaban J connectivity index is 1.34. The zero-order valence-corrected chi connectivity index (χ0v) is 30.1. The average Bonchev–Trinajstić information content (AvgIpc) is 3.13. The van der Waals surface area contributed by atoms with Crippen LogP contribution < -0.4 is 26.6 Å². The Hall–Kier alpha value is -4.65. The molecule has 14 heteroatoms. The number of hydrogen-bond donors (Lipinski definition) is 5. The van der Waals surface area contributed by atoms with E-state index in [0.29, 0.717) is 48.1 Å². The number of nitrogens with one attached hydrogen (secondary N) is 3. The van der Waals surface area contributed by atoms with Gasteiger partial charge in [-0.2, -0.15) is 0 Å². The van der Waals surface area contributed by atoms with Crippen LogP contribution in [0.4, 0.5) is 5.69 Å². The molecule has 0 radical (unpaired) electrons. The third-order valence-corrected chi connectivity index (χ3v) is 9.45. The number of rotatable bonds is 14. The Labute approximate surface area is 307 Å². The van der Waals surface area contributed by atoms with E-state index < -0.39 is 42.4 Å². The van der Waals surface area contributed by atoms with E-state index in [1.807, 2.05) is 30.3 Å². The van der Waals surface area contributed by atoms with Gasteiger partial charge in [0.1, 0.15) is 17.8 Å². The number of halogens is 2. The first-order valence-electron chi connectivity index (χ1n) is 16.9. The zero-order chi connectivity index (χ0) is 37.1. The van der Waals surface area contributed by atoms with Crippen LogP contribution in [-0.4, -0.2) is 83.3 Å². The van der Waals surface area contributed by atoms with Crippen molar-refractivity contribution >= 4 is 58.4 Å². The van der Waals surface area contributed by atoms with Gasteiger partial charge in [-0.1, -0.05) is 72.6 Å². The van der Waals surface area contributed by atoms with Crippen LogP contribution in [0.25, 0.3) is 0 Å². The lowest BCUT2D eigenvalue weighted by molar-refractivity contribution is -0.137. The molecular weight excluding hydrogens is 695 g/mol. The molecule has 0 spiro atoms. The number of nitrogens with two attached hydrogens (primary N) is 1. The monoisotopic (exact) mass is 738 g/mol. The Bertz CT molecular complexity index is 1680. The number of amides is 5. The van der Waals surface area contributed by atoms with Gasteiger partial charge in [0.2, 0.25) is 29.5 Å². The van der Waals surface area contributed by atoms with E-state index in [1.54, 1.807) is 47.1 Å². The second-order valence-electron chi connectivity index (χ2n) is 12.5. The molecule has 3 aromatic carbocycles. The first kappa shape index (κ1) is 39.1. The number of likely N-dealkylation sites (tertiary alicyclic amines) is 1. The summed E-state index contributed by atoms with van der Waals surface area (Å²) in [4.78, 5) is 68.8. The summed E-state index contributed by atoms with van der Waals surface area (Å²) in [6, 6.07) is 17.6. The molecule has 5 amide bonds. The SMILES string of the molecule is CCC(=O)N(c1ccc(Cl)c(Cl)c1)C1CCN(C(=O)[C@H](Cc2ccccc2)NC(=O)CNC(=O)[C@@H](C)NC(=O)[C@@H](N)Cc2ccc(O)cc2)CC1. The fourth-order valence-corrected chi connectivity index (χ4v) is 6.20. The Morgan fingerprint density at radius 3 is 2.16 bits per heavy atom. The number of anilines is 1. The van der Waals surface area contributed by atoms with Gasteiger partial charge >= 0.3 is 0 Å². The summed E-state index contributed by atoms with van der Waals surface area (Å²) in [5.74, 6) is -1.97. The van der Waals surface area contributed by atoms with E-state index in [2.05, 4.69) is 16.0 Å². The van der Waals surface area contributed by atoms with Crippen LogP contribution in [0.5, 0.6) is 5.75 Å². The molecule has 51 heavy (non-hydrogen) atoms. The normalized spacial score (nSPS) is 14.9. The third-order valence-electron chi connectivity index (χ3n) is 8.71. The van der Waals surface area contributed by atoms with Crippen molar-refractivity contribution in [2.45, 2.75) is 70.1 Å². The van der Waals surface area contributed by atoms with Gasteiger partial charge in [0, 0.05) is 37.7 Å². The van der Waals surface area contributed by atoms with Gasteiger partial charge in [0.15, 0.2) is 0 Å². The maximum atomic E-state index is 13.9. The molecule has 4 rings (SSSR count). The van der Waals surface area contributed by atoms with Crippen LogP contribution in [0.3, 0.4) is 0 Å². The zero-order valence-electron chi connectivity index (χ0n) is 28.6. The van der Waals surface area contributed by atoms with Crippen LogP contribution in [0.1, 0.15) is 44.2 Å². The summed E-state index contributed by atoms with van der Waals surface area (Å²) in [5.41, 5.74) is 8.24. The molecule has 272 valence electrons. The standard InChI is InChI=1S/C37H44Cl2N6O6/c1-3-34(48)45(27-11-14-29(38)30(39)21-27)26-15-17-44(18-16-26)37(51)32(20-24-7-5-4-6-8-24)43-33(47)22-41-35(49)23(2)42-36(50)31(40)19-25-9-12-28(46)13-10-25/h4-14,21,23,26,31-32,46H,3,15-20,22,40H2,1-2H3,(H,41,49)(H,42,50)(H,43,47)/t23-,31+,32+/m1/s1. The molecule has 6 N–H and O–H groups in total. The molecular formula is C37H44Cl2N6O6. The molecule has 12 nitrogen and oxygen atoms in total. The van der Waals surface area contributed by atoms with E-state index in [4.69, 9.17) is 28.9 Å². The predicted molar refractivity (Wildman–Crippen MR) is 196 cm³/mol. The van der Waals surface area contributed by atoms with Crippen molar-refractivity contribution in [3.63, 3.8) is 0 Å². The molecule has 0 aliphatic carbocycles. The van der Waals surface area contributed by atoms with Gasteiger partial charge < -0.3 is 36.6 Å². The number of phenols is 1. The van der Waals surface area contributed by atoms with Crippen molar-refractivity contribution < 1.29 is 29.1 Å². The Morgan fingerprint density at radius 2 is 1.53 bits per heavy atom. The Kier molecular flexibility index (Phi) is 14.2. The molecule has 1 saturated heterocycles. The van der Waals surface area contributed by atoms with Gasteiger partial charge in [0.05, 0.1) is 22.6 Å². The van der Waals surface area contributed by atoms with Gasteiger partial charge in [-0.25, -0.2) is 0 Å². The molecule has 0 aromatic heterocycles. The van der Waals surface area contributed by atoms with E-state index in [0.717, 1.165) is 11.1 Å². The van der Waals surface area contributed by atoms with Gasteiger partial charge in [0.25, 0.3) is 0 Å². The van der Waals surface area contributed by atoms with Crippen molar-refractivity contribution in [2.24, 2.45) is 5.73 Å². The first-order chi connectivity index (χ1) is 24.4. The number of hydrogen-bond acceptors (Lipinski definition) is 7. The van der Waals surface area contributed by atoms with Gasteiger partial charge in [-0.15, -0.1) is 0 Å². The highest BCUT2D eigenvalue weighted by molar-refractivity contribution is 6.42. The lowest BCUT2D eigenvalue weighted by atomic mass is 9.99. The summed E-state index contributed by atoms with van der Waals surface area (Å²) < 4.78 is 0. The fraction of sp³-hybridized carbons (Fsp3) is 0.378. The number of phenolic OH excluding ortho intramolecular Hbond substituents is 1. The quantitative estimate of drug-likeness (QED) is 0.169. The second-order valence-corrected chi connectivity index (χ2v) is 13.3. The van der Waals surface area contributed by atoms with Crippen molar-refractivity contribution in [1.82, 2.24) is 20.9 Å². The minimum Gasteiger partial charge on any atom is -0.508 e. The van der Waals surface area contributed by atoms with E-state index in [9.17, 15) is 29.1 Å². The van der Waals surface area contributed by atoms with Crippen LogP contribution >= 0.6 is 23.2 Å². The summed E-state index contributed by atoms with van der Waals surface area (Å²) in [6.45, 7) is 3.57. The predicted octanol–water partition coefficient (Wildman–Crippen LogP) is 3.35. The number of carbonyl (C=O) groups excluding carboxylic acids is 5. The number of benzene rings is 3. The topological polar surface area (TPSA) is 174 Å². The van der Waals surface area contributed by atoms with E-state index in [-0.39, 0.29) is 36.4 Å². The first-order valence-corrected chi connectivity index (χ1v) is 17.6. The third kappa shape index (κ3) is 11.2. The summed E-state index contributed by atoms with van der Waals surface area (Å²) >= 11 is 12.4. The molecule has 3 atom stereocenters. The molecule has 0 bridgehead atoms. The van der Waals surface area contributed by atoms with Crippen molar-refractivity contribution in [1.29, 1.82) is 0 Å². The average molecular weight is 740 g/mol. The van der Waals surface area contributed by atoms with Crippen LogP contribution in [0.2, 0.25) is 10.0 Å². The number of carbonyl (C=O) groups is 5. The molecule has 1 heterocycles. The maximum Gasteiger partial charge on any atom is 0.245 e. The minimum absolute atomic E-state index is 0.0692. The maximum absolute atomic E-state index is 13.9. The Morgan fingerprint density at radius 1 is 0.882 bits per heavy atom. The summed E-state index contributed by atoms with van der Waals surface area (Å²) in [6.07, 6.45) is 1.75. The fourth-order valence-electron chi connectivity index (χ4n) is 5.91. The smallest absolute Gasteiger partial charge is 0.245 e. The number of aromatic hydroxyl groups is 1. The van der Waals surface area contributed by atoms with Crippen LogP contribution in [0.15, 0.2) is 72.8 Å². The van der Waals surface area contributed by atoms with E-state index in [1.165, 1.54) is 19.1 Å². The highest BCUT2D eigenvalue weighted by Gasteiger charge is 2.33. The second kappa shape index (κ2) is 18.5. The molecule has 0 saturated carbocycles. The number of nitrogens with zero attached hydrogens (tertiary/aromatic N) is 2. The summed E-state index contributed by atoms with van der Waals surface area (Å²) in [7, 11) is 0. The van der Waals surface area contributed by atoms with E-state index >= 15 is 0 Å². The van der Waals surface area contributed by atoms with Crippen LogP contribution in [0, 0.1) is 0 Å². The van der Waals surface area contributed by atoms with Crippen molar-refractivity contribution in [3.05, 3.63) is 94.0 Å². The highest BCUT2D eigenvalue weighted by Crippen LogP contribution is 2.31. The molecule has 1 aliphatic heterocycles. The molecule has 1 aliphatic rings. The van der Waals surface area contributed by atoms with Gasteiger partial charge in [-0.05, 0) is 67.6 Å². The largest absolute Gasteiger partial charge is 0.508 e.